The van der Waals surface area contributed by atoms with E-state index in [1.165, 1.54) is 25.7 Å². The minimum atomic E-state index is -0.142. The molecule has 0 bridgehead atoms. The molecule has 0 saturated heterocycles. The fourth-order valence-electron chi connectivity index (χ4n) is 3.34. The maximum Gasteiger partial charge on any atom is 0.305 e. The van der Waals surface area contributed by atoms with Crippen LogP contribution in [0.25, 0.3) is 0 Å². The molecule has 12 nitrogen and oxygen atoms in total. The second-order valence-electron chi connectivity index (χ2n) is 9.24. The summed E-state index contributed by atoms with van der Waals surface area (Å²) in [6.07, 6.45) is 7.44. The monoisotopic (exact) mass is 612 g/mol. The fraction of sp³-hybridized carbons (Fsp3) is 0.967. The minimum Gasteiger partial charge on any atom is -0.463 e. The van der Waals surface area contributed by atoms with Crippen LogP contribution in [0, 0.1) is 0 Å². The van der Waals surface area contributed by atoms with Gasteiger partial charge in [0.2, 0.25) is 0 Å². The van der Waals surface area contributed by atoms with Gasteiger partial charge in [-0.05, 0) is 6.42 Å². The van der Waals surface area contributed by atoms with Gasteiger partial charge in [-0.15, -0.1) is 0 Å². The molecule has 12 heteroatoms. The van der Waals surface area contributed by atoms with Gasteiger partial charge in [0, 0.05) is 13.5 Å². The largest absolute Gasteiger partial charge is 0.463 e. The number of rotatable bonds is 37. The summed E-state index contributed by atoms with van der Waals surface area (Å²) < 4.78 is 58.9. The fourth-order valence-corrected chi connectivity index (χ4v) is 3.34. The number of unbranched alkanes of at least 4 members (excludes halogenated alkanes) is 5. The van der Waals surface area contributed by atoms with Gasteiger partial charge in [-0.2, -0.15) is 0 Å². The van der Waals surface area contributed by atoms with Gasteiger partial charge in [-0.1, -0.05) is 39.0 Å². The van der Waals surface area contributed by atoms with Crippen molar-refractivity contribution in [2.75, 3.05) is 139 Å². The molecule has 0 aliphatic heterocycles. The second kappa shape index (κ2) is 38.1. The van der Waals surface area contributed by atoms with Crippen LogP contribution in [-0.2, 0) is 56.9 Å². The second-order valence-corrected chi connectivity index (χ2v) is 9.24. The molecule has 0 aromatic rings. The Balaban J connectivity index is 3.09. The van der Waals surface area contributed by atoms with Gasteiger partial charge in [-0.25, -0.2) is 0 Å². The van der Waals surface area contributed by atoms with E-state index in [0.717, 1.165) is 12.8 Å². The lowest BCUT2D eigenvalue weighted by atomic mass is 10.1. The highest BCUT2D eigenvalue weighted by Crippen LogP contribution is 2.07. The molecule has 0 amide bonds. The molecule has 0 spiro atoms. The van der Waals surface area contributed by atoms with Gasteiger partial charge < -0.3 is 52.1 Å². The molecule has 0 N–H and O–H groups in total. The summed E-state index contributed by atoms with van der Waals surface area (Å²) in [5.74, 6) is -0.142. The molecular weight excluding hydrogens is 552 g/mol. The molecule has 42 heavy (non-hydrogen) atoms. The Hall–Kier alpha value is -0.930. The van der Waals surface area contributed by atoms with Crippen molar-refractivity contribution in [3.63, 3.8) is 0 Å². The van der Waals surface area contributed by atoms with E-state index in [0.29, 0.717) is 132 Å². The number of ether oxygens (including phenoxy) is 11. The zero-order chi connectivity index (χ0) is 30.4. The Bertz CT molecular complexity index is 513. The average molecular weight is 613 g/mol. The first kappa shape index (κ1) is 41.1. The molecule has 0 aromatic carbocycles. The van der Waals surface area contributed by atoms with Crippen LogP contribution in [0.1, 0.15) is 51.9 Å². The van der Waals surface area contributed by atoms with E-state index in [-0.39, 0.29) is 12.6 Å². The highest BCUT2D eigenvalue weighted by molar-refractivity contribution is 5.69. The Morgan fingerprint density at radius 2 is 0.667 bits per heavy atom. The predicted molar refractivity (Wildman–Crippen MR) is 158 cm³/mol. The number of hydrogen-bond acceptors (Lipinski definition) is 12. The first-order valence-corrected chi connectivity index (χ1v) is 15.7. The highest BCUT2D eigenvalue weighted by atomic mass is 16.6. The van der Waals surface area contributed by atoms with Crippen LogP contribution >= 0.6 is 0 Å². The van der Waals surface area contributed by atoms with E-state index in [9.17, 15) is 4.79 Å². The number of carbonyl (C=O) groups excluding carboxylic acids is 1. The Labute approximate surface area is 254 Å². The third-order valence-electron chi connectivity index (χ3n) is 5.63. The van der Waals surface area contributed by atoms with Crippen LogP contribution in [0.15, 0.2) is 0 Å². The zero-order valence-corrected chi connectivity index (χ0v) is 26.5. The van der Waals surface area contributed by atoms with Crippen molar-refractivity contribution in [1.29, 1.82) is 0 Å². The number of carbonyl (C=O) groups is 1. The number of esters is 1. The van der Waals surface area contributed by atoms with E-state index >= 15 is 0 Å². The molecule has 252 valence electrons. The highest BCUT2D eigenvalue weighted by Gasteiger charge is 2.02. The van der Waals surface area contributed by atoms with Crippen LogP contribution in [0.4, 0.5) is 0 Å². The SMILES string of the molecule is CCCCCCCCC(=O)OCCOCCOCCOCCOCCOCCOCCOCCOCCOCCOC. The van der Waals surface area contributed by atoms with Crippen molar-refractivity contribution in [2.24, 2.45) is 0 Å². The van der Waals surface area contributed by atoms with Crippen LogP contribution in [-0.4, -0.2) is 145 Å². The molecule has 0 saturated carbocycles. The van der Waals surface area contributed by atoms with Crippen LogP contribution in [0.3, 0.4) is 0 Å². The Kier molecular flexibility index (Phi) is 37.3. The van der Waals surface area contributed by atoms with E-state index in [1.54, 1.807) is 7.11 Å². The van der Waals surface area contributed by atoms with Crippen molar-refractivity contribution in [3.8, 4) is 0 Å². The van der Waals surface area contributed by atoms with Gasteiger partial charge in [0.1, 0.15) is 6.61 Å². The number of hydrogen-bond donors (Lipinski definition) is 0. The first-order chi connectivity index (χ1) is 20.8. The average Bonchev–Trinajstić information content (AvgIpc) is 3.00. The lowest BCUT2D eigenvalue weighted by Crippen LogP contribution is -2.15. The quantitative estimate of drug-likeness (QED) is 0.0758. The Morgan fingerprint density at radius 3 is 1.00 bits per heavy atom. The lowest BCUT2D eigenvalue weighted by molar-refractivity contribution is -0.145. The summed E-state index contributed by atoms with van der Waals surface area (Å²) in [6.45, 7) is 12.2. The third-order valence-corrected chi connectivity index (χ3v) is 5.63. The normalized spacial score (nSPS) is 11.4. The van der Waals surface area contributed by atoms with E-state index in [2.05, 4.69) is 6.92 Å². The van der Waals surface area contributed by atoms with Gasteiger partial charge in [0.05, 0.1) is 126 Å². The standard InChI is InChI=1S/C30H60O12/c1-3-4-5-6-7-8-9-30(31)42-29-28-41-27-26-40-25-24-39-23-22-38-21-20-37-19-18-36-17-16-35-15-14-34-13-12-33-11-10-32-2/h3-29H2,1-2H3. The molecule has 0 atom stereocenters. The number of methoxy groups -OCH3 is 1. The summed E-state index contributed by atoms with van der Waals surface area (Å²) in [5, 5.41) is 0. The predicted octanol–water partition coefficient (Wildman–Crippen LogP) is 3.08. The molecule has 0 radical (unpaired) electrons. The van der Waals surface area contributed by atoms with Crippen molar-refractivity contribution in [1.82, 2.24) is 0 Å². The molecule has 0 unspecified atom stereocenters. The van der Waals surface area contributed by atoms with Gasteiger partial charge >= 0.3 is 5.97 Å². The van der Waals surface area contributed by atoms with Gasteiger partial charge in [0.25, 0.3) is 0 Å². The molecule has 0 fully saturated rings. The van der Waals surface area contributed by atoms with Crippen molar-refractivity contribution < 1.29 is 56.9 Å². The zero-order valence-electron chi connectivity index (χ0n) is 26.5. The van der Waals surface area contributed by atoms with Gasteiger partial charge in [0.15, 0.2) is 0 Å². The van der Waals surface area contributed by atoms with E-state index in [1.807, 2.05) is 0 Å². The van der Waals surface area contributed by atoms with Crippen LogP contribution < -0.4 is 0 Å². The maximum atomic E-state index is 11.6. The summed E-state index contributed by atoms with van der Waals surface area (Å²) >= 11 is 0. The lowest BCUT2D eigenvalue weighted by Gasteiger charge is -2.09. The van der Waals surface area contributed by atoms with Crippen molar-refractivity contribution in [3.05, 3.63) is 0 Å². The van der Waals surface area contributed by atoms with Crippen molar-refractivity contribution in [2.45, 2.75) is 51.9 Å². The van der Waals surface area contributed by atoms with Gasteiger partial charge in [-0.3, -0.25) is 4.79 Å². The molecule has 0 heterocycles. The molecule has 0 aliphatic rings. The third kappa shape index (κ3) is 37.1. The van der Waals surface area contributed by atoms with Crippen molar-refractivity contribution >= 4 is 5.97 Å². The smallest absolute Gasteiger partial charge is 0.305 e. The van der Waals surface area contributed by atoms with Crippen LogP contribution in [0.2, 0.25) is 0 Å². The topological polar surface area (TPSA) is 119 Å². The molecular formula is C30H60O12. The van der Waals surface area contributed by atoms with Crippen LogP contribution in [0.5, 0.6) is 0 Å². The first-order valence-electron chi connectivity index (χ1n) is 15.7. The maximum absolute atomic E-state index is 11.6. The molecule has 0 aliphatic carbocycles. The Morgan fingerprint density at radius 1 is 0.381 bits per heavy atom. The summed E-state index contributed by atoms with van der Waals surface area (Å²) in [6, 6.07) is 0. The van der Waals surface area contributed by atoms with E-state index in [4.69, 9.17) is 52.1 Å². The summed E-state index contributed by atoms with van der Waals surface area (Å²) in [4.78, 5) is 11.6. The molecule has 0 aromatic heterocycles. The minimum absolute atomic E-state index is 0.142. The summed E-state index contributed by atoms with van der Waals surface area (Å²) in [7, 11) is 1.64. The van der Waals surface area contributed by atoms with E-state index < -0.39 is 0 Å². The molecule has 0 rings (SSSR count). The summed E-state index contributed by atoms with van der Waals surface area (Å²) in [5.41, 5.74) is 0.